The van der Waals surface area contributed by atoms with Crippen molar-refractivity contribution in [1.82, 2.24) is 30.5 Å². The van der Waals surface area contributed by atoms with Crippen molar-refractivity contribution >= 4 is 22.8 Å². The maximum absolute atomic E-state index is 12.8. The summed E-state index contributed by atoms with van der Waals surface area (Å²) in [6, 6.07) is 11.4. The van der Waals surface area contributed by atoms with Gasteiger partial charge in [0.05, 0.1) is 12.0 Å². The average Bonchev–Trinajstić information content (AvgIpc) is 3.49. The van der Waals surface area contributed by atoms with Crippen LogP contribution in [0.3, 0.4) is 0 Å². The molecule has 1 N–H and O–H groups in total. The van der Waals surface area contributed by atoms with Crippen LogP contribution in [0.5, 0.6) is 0 Å². The molecule has 1 saturated heterocycles. The molecular weight excluding hydrogens is 406 g/mol. The molecular formula is C23H25N7O2. The number of tetrazole rings is 1. The zero-order valence-corrected chi connectivity index (χ0v) is 17.9. The van der Waals surface area contributed by atoms with Crippen LogP contribution in [0.25, 0.3) is 22.2 Å². The Morgan fingerprint density at radius 2 is 1.97 bits per heavy atom. The molecule has 5 rings (SSSR count). The van der Waals surface area contributed by atoms with Crippen LogP contribution >= 0.6 is 0 Å². The third-order valence-electron chi connectivity index (χ3n) is 5.86. The largest absolute Gasteiger partial charge is 0.464 e. The number of hydrogen-bond donors (Lipinski definition) is 1. The number of aryl methyl sites for hydroxylation is 1. The molecule has 0 bridgehead atoms. The minimum absolute atomic E-state index is 0.0553. The van der Waals surface area contributed by atoms with E-state index in [1.807, 2.05) is 41.1 Å². The lowest BCUT2D eigenvalue weighted by molar-refractivity contribution is 0.0931. The van der Waals surface area contributed by atoms with Crippen LogP contribution < -0.4 is 10.2 Å². The van der Waals surface area contributed by atoms with Crippen LogP contribution in [0, 0.1) is 0 Å². The van der Waals surface area contributed by atoms with E-state index in [4.69, 9.17) is 4.42 Å². The van der Waals surface area contributed by atoms with Crippen LogP contribution in [0.1, 0.15) is 36.5 Å². The summed E-state index contributed by atoms with van der Waals surface area (Å²) in [6.07, 6.45) is 6.09. The molecule has 1 aliphatic rings. The Morgan fingerprint density at radius 1 is 1.16 bits per heavy atom. The number of rotatable bonds is 6. The van der Waals surface area contributed by atoms with E-state index in [2.05, 4.69) is 37.6 Å². The van der Waals surface area contributed by atoms with E-state index in [1.165, 1.54) is 0 Å². The molecule has 0 atom stereocenters. The quantitative estimate of drug-likeness (QED) is 0.500. The number of benzene rings is 1. The lowest BCUT2D eigenvalue weighted by Gasteiger charge is -2.32. The maximum atomic E-state index is 12.8. The summed E-state index contributed by atoms with van der Waals surface area (Å²) in [5.41, 5.74) is 3.24. The normalized spacial score (nSPS) is 14.7. The number of furan rings is 1. The van der Waals surface area contributed by atoms with Gasteiger partial charge < -0.3 is 14.6 Å². The van der Waals surface area contributed by atoms with Gasteiger partial charge in [0, 0.05) is 48.4 Å². The van der Waals surface area contributed by atoms with Crippen molar-refractivity contribution in [2.24, 2.45) is 0 Å². The van der Waals surface area contributed by atoms with Gasteiger partial charge in [0.25, 0.3) is 5.91 Å². The Kier molecular flexibility index (Phi) is 5.53. The Labute approximate surface area is 185 Å². The highest BCUT2D eigenvalue weighted by molar-refractivity contribution is 5.96. The number of hydrogen-bond acceptors (Lipinski definition) is 7. The standard InChI is InChI=1S/C23H25N7O2/c1-2-12-30-23(26-27-28-30)29-13-8-18(9-14-29)25-22(31)17-5-3-16(4-6-17)21-19-10-15-32-20(19)7-11-24-21/h3-7,10-11,15,18H,2,8-9,12-14H2,1H3,(H,25,31). The fourth-order valence-corrected chi connectivity index (χ4v) is 4.18. The SMILES string of the molecule is CCCn1nnnc1N1CCC(NC(=O)c2ccc(-c3nccc4occc34)cc2)CC1. The van der Waals surface area contributed by atoms with Gasteiger partial charge in [-0.15, -0.1) is 0 Å². The van der Waals surface area contributed by atoms with Crippen molar-refractivity contribution in [3.05, 3.63) is 54.4 Å². The van der Waals surface area contributed by atoms with Crippen molar-refractivity contribution in [3.8, 4) is 11.3 Å². The summed E-state index contributed by atoms with van der Waals surface area (Å²) < 4.78 is 7.30. The Balaban J connectivity index is 1.20. The molecule has 9 nitrogen and oxygen atoms in total. The first kappa shape index (κ1) is 20.2. The van der Waals surface area contributed by atoms with Crippen LogP contribution in [-0.4, -0.2) is 50.2 Å². The molecule has 0 saturated carbocycles. The lowest BCUT2D eigenvalue weighted by Crippen LogP contribution is -2.45. The molecule has 1 aliphatic heterocycles. The molecule has 3 aromatic heterocycles. The molecule has 164 valence electrons. The number of carbonyl (C=O) groups is 1. The summed E-state index contributed by atoms with van der Waals surface area (Å²) in [5, 5.41) is 16.2. The molecule has 0 radical (unpaired) electrons. The summed E-state index contributed by atoms with van der Waals surface area (Å²) in [6.45, 7) is 4.54. The van der Waals surface area contributed by atoms with E-state index < -0.39 is 0 Å². The molecule has 9 heteroatoms. The van der Waals surface area contributed by atoms with Gasteiger partial charge in [-0.2, -0.15) is 0 Å². The number of fused-ring (bicyclic) bond motifs is 1. The highest BCUT2D eigenvalue weighted by Gasteiger charge is 2.24. The zero-order valence-electron chi connectivity index (χ0n) is 17.9. The fraction of sp³-hybridized carbons (Fsp3) is 0.348. The molecule has 1 aromatic carbocycles. The summed E-state index contributed by atoms with van der Waals surface area (Å²) >= 11 is 0. The van der Waals surface area contributed by atoms with Crippen molar-refractivity contribution in [2.75, 3.05) is 18.0 Å². The number of nitrogens with zero attached hydrogens (tertiary/aromatic N) is 6. The predicted molar refractivity (Wildman–Crippen MR) is 120 cm³/mol. The van der Waals surface area contributed by atoms with Crippen molar-refractivity contribution in [3.63, 3.8) is 0 Å². The number of nitrogens with one attached hydrogen (secondary N) is 1. The van der Waals surface area contributed by atoms with Crippen molar-refractivity contribution in [1.29, 1.82) is 0 Å². The average molecular weight is 432 g/mol. The minimum atomic E-state index is -0.0553. The van der Waals surface area contributed by atoms with Gasteiger partial charge in [-0.1, -0.05) is 24.2 Å². The Morgan fingerprint density at radius 3 is 2.75 bits per heavy atom. The van der Waals surface area contributed by atoms with Gasteiger partial charge in [-0.25, -0.2) is 4.68 Å². The summed E-state index contributed by atoms with van der Waals surface area (Å²) in [4.78, 5) is 19.5. The van der Waals surface area contributed by atoms with E-state index in [1.54, 1.807) is 12.5 Å². The maximum Gasteiger partial charge on any atom is 0.251 e. The number of pyridine rings is 1. The van der Waals surface area contributed by atoms with E-state index >= 15 is 0 Å². The van der Waals surface area contributed by atoms with E-state index in [0.717, 1.165) is 67.1 Å². The van der Waals surface area contributed by atoms with E-state index in [0.29, 0.717) is 5.56 Å². The molecule has 0 spiro atoms. The molecule has 0 aliphatic carbocycles. The van der Waals surface area contributed by atoms with Crippen molar-refractivity contribution in [2.45, 2.75) is 38.8 Å². The van der Waals surface area contributed by atoms with E-state index in [9.17, 15) is 4.79 Å². The second kappa shape index (κ2) is 8.78. The first-order chi connectivity index (χ1) is 15.7. The van der Waals surface area contributed by atoms with Crippen molar-refractivity contribution < 1.29 is 9.21 Å². The number of anilines is 1. The number of aromatic nitrogens is 5. The van der Waals surface area contributed by atoms with Gasteiger partial charge in [0.1, 0.15) is 5.58 Å². The second-order valence-electron chi connectivity index (χ2n) is 8.01. The number of amides is 1. The van der Waals surface area contributed by atoms with Gasteiger partial charge in [0.2, 0.25) is 5.95 Å². The predicted octanol–water partition coefficient (Wildman–Crippen LogP) is 3.29. The third-order valence-corrected chi connectivity index (χ3v) is 5.86. The van der Waals surface area contributed by atoms with Crippen LogP contribution in [0.4, 0.5) is 5.95 Å². The van der Waals surface area contributed by atoms with Gasteiger partial charge in [-0.3, -0.25) is 9.78 Å². The molecule has 1 amide bonds. The Bertz CT molecular complexity index is 1210. The Hall–Kier alpha value is -3.75. The number of carbonyl (C=O) groups excluding carboxylic acids is 1. The molecule has 4 aromatic rings. The molecule has 32 heavy (non-hydrogen) atoms. The van der Waals surface area contributed by atoms with Crippen LogP contribution in [-0.2, 0) is 6.54 Å². The lowest BCUT2D eigenvalue weighted by atomic mass is 10.0. The zero-order chi connectivity index (χ0) is 21.9. The van der Waals surface area contributed by atoms with Gasteiger partial charge >= 0.3 is 0 Å². The molecule has 4 heterocycles. The smallest absolute Gasteiger partial charge is 0.251 e. The van der Waals surface area contributed by atoms with E-state index in [-0.39, 0.29) is 11.9 Å². The first-order valence-corrected chi connectivity index (χ1v) is 11.0. The highest BCUT2D eigenvalue weighted by atomic mass is 16.3. The third kappa shape index (κ3) is 3.93. The highest BCUT2D eigenvalue weighted by Crippen LogP contribution is 2.27. The summed E-state index contributed by atoms with van der Waals surface area (Å²) in [5.74, 6) is 0.758. The first-order valence-electron chi connectivity index (χ1n) is 11.0. The fourth-order valence-electron chi connectivity index (χ4n) is 4.18. The topological polar surface area (TPSA) is 102 Å². The molecule has 1 fully saturated rings. The minimum Gasteiger partial charge on any atom is -0.464 e. The monoisotopic (exact) mass is 431 g/mol. The van der Waals surface area contributed by atoms with Gasteiger partial charge in [-0.05, 0) is 54.0 Å². The molecule has 0 unspecified atom stereocenters. The van der Waals surface area contributed by atoms with Gasteiger partial charge in [0.15, 0.2) is 0 Å². The second-order valence-corrected chi connectivity index (χ2v) is 8.01. The number of piperidine rings is 1. The van der Waals surface area contributed by atoms with Crippen LogP contribution in [0.15, 0.2) is 53.3 Å². The van der Waals surface area contributed by atoms with Crippen LogP contribution in [0.2, 0.25) is 0 Å². The summed E-state index contributed by atoms with van der Waals surface area (Å²) in [7, 11) is 0.